The quantitative estimate of drug-likeness (QED) is 0.679. The van der Waals surface area contributed by atoms with E-state index in [0.29, 0.717) is 17.0 Å². The zero-order valence-electron chi connectivity index (χ0n) is 14.7. The van der Waals surface area contributed by atoms with Crippen LogP contribution in [0.1, 0.15) is 53.4 Å². The van der Waals surface area contributed by atoms with Gasteiger partial charge in [0.25, 0.3) is 0 Å². The molecule has 2 heterocycles. The minimum absolute atomic E-state index is 0.0958. The van der Waals surface area contributed by atoms with Gasteiger partial charge in [0.2, 0.25) is 0 Å². The summed E-state index contributed by atoms with van der Waals surface area (Å²) in [5, 5.41) is 0.585. The number of hydrogen-bond donors (Lipinski definition) is 1. The molecule has 0 saturated carbocycles. The minimum Gasteiger partial charge on any atom is -0.321 e. The summed E-state index contributed by atoms with van der Waals surface area (Å²) in [6.07, 6.45) is 15.5. The van der Waals surface area contributed by atoms with E-state index in [4.69, 9.17) is 5.73 Å². The van der Waals surface area contributed by atoms with Crippen LogP contribution in [0.5, 0.6) is 0 Å². The fourth-order valence-electron chi connectivity index (χ4n) is 4.84. The lowest BCUT2D eigenvalue weighted by molar-refractivity contribution is 0.349. The predicted octanol–water partition coefficient (Wildman–Crippen LogP) is 5.31. The molecular weight excluding hydrogens is 304 g/mol. The van der Waals surface area contributed by atoms with E-state index in [0.717, 1.165) is 14.2 Å². The molecule has 0 radical (unpaired) electrons. The predicted molar refractivity (Wildman–Crippen MR) is 104 cm³/mol. The minimum atomic E-state index is 0.0958. The zero-order valence-corrected chi connectivity index (χ0v) is 16.6. The van der Waals surface area contributed by atoms with Gasteiger partial charge in [0.1, 0.15) is 0 Å². The lowest BCUT2D eigenvalue weighted by Crippen LogP contribution is -2.44. The molecule has 1 aliphatic carbocycles. The Morgan fingerprint density at radius 1 is 1.32 bits per heavy atom. The fourth-order valence-corrected chi connectivity index (χ4v) is 10.2. The van der Waals surface area contributed by atoms with E-state index < -0.39 is 0 Å². The average molecular weight is 337 g/mol. The Hall–Kier alpha value is 0.300. The van der Waals surface area contributed by atoms with Crippen molar-refractivity contribution in [2.24, 2.45) is 17.6 Å². The van der Waals surface area contributed by atoms with Gasteiger partial charge in [-0.2, -0.15) is 0 Å². The summed E-state index contributed by atoms with van der Waals surface area (Å²) >= 11 is 0. The summed E-state index contributed by atoms with van der Waals surface area (Å²) in [5.41, 5.74) is 9.44. The van der Waals surface area contributed by atoms with Gasteiger partial charge in [-0.3, -0.25) is 0 Å². The van der Waals surface area contributed by atoms with Crippen molar-refractivity contribution in [1.82, 2.24) is 0 Å². The molecular formula is C19H33NP2. The Kier molecular flexibility index (Phi) is 4.91. The Morgan fingerprint density at radius 3 is 2.73 bits per heavy atom. The fraction of sp³-hybridized carbons (Fsp3) is 0.789. The van der Waals surface area contributed by atoms with Crippen LogP contribution < -0.4 is 5.73 Å². The van der Waals surface area contributed by atoms with Crippen LogP contribution in [0.15, 0.2) is 23.8 Å². The topological polar surface area (TPSA) is 26.0 Å². The van der Waals surface area contributed by atoms with Gasteiger partial charge in [-0.15, -0.1) is 8.58 Å². The van der Waals surface area contributed by atoms with Gasteiger partial charge >= 0.3 is 0 Å². The molecule has 2 N–H and O–H groups in total. The molecule has 0 aromatic carbocycles. The number of allylic oxidation sites excluding steroid dienone is 3. The lowest BCUT2D eigenvalue weighted by atomic mass is 9.76. The SMILES string of the molecule is CC1C([C@H]2CCC[P@]2C(C)(C)C)=CC=CC1[C@@]1(N)CCCP1. The Bertz CT molecular complexity index is 468. The standard InChI is InChI=1S/C19H33NP2/c1-14-15(17-10-6-13-22(17)18(2,3)4)8-5-9-16(14)19(20)11-7-12-21-19/h5,8-9,14,16-17,21H,6-7,10-13,20H2,1-4H3/t14?,16?,17-,19-,22+/m1/s1. The zero-order chi connectivity index (χ0) is 16.0. The Balaban J connectivity index is 1.82. The summed E-state index contributed by atoms with van der Waals surface area (Å²) in [7, 11) is 1.07. The van der Waals surface area contributed by atoms with Crippen molar-refractivity contribution in [1.29, 1.82) is 0 Å². The van der Waals surface area contributed by atoms with Gasteiger partial charge in [0.15, 0.2) is 0 Å². The first kappa shape index (κ1) is 17.1. The van der Waals surface area contributed by atoms with Crippen LogP contribution in [-0.4, -0.2) is 28.4 Å². The molecule has 0 aromatic heterocycles. The monoisotopic (exact) mass is 337 g/mol. The van der Waals surface area contributed by atoms with Crippen molar-refractivity contribution in [3.63, 3.8) is 0 Å². The van der Waals surface area contributed by atoms with Gasteiger partial charge in [0, 0.05) is 16.9 Å². The first-order valence-corrected chi connectivity index (χ1v) is 11.8. The number of hydrogen-bond acceptors (Lipinski definition) is 1. The second-order valence-corrected chi connectivity index (χ2v) is 13.6. The highest BCUT2D eigenvalue weighted by Gasteiger charge is 2.44. The molecule has 2 aliphatic heterocycles. The lowest BCUT2D eigenvalue weighted by Gasteiger charge is -2.43. The van der Waals surface area contributed by atoms with E-state index in [1.54, 1.807) is 5.57 Å². The van der Waals surface area contributed by atoms with Gasteiger partial charge in [-0.25, -0.2) is 0 Å². The van der Waals surface area contributed by atoms with Crippen LogP contribution in [0.25, 0.3) is 0 Å². The van der Waals surface area contributed by atoms with Crippen molar-refractivity contribution in [2.45, 2.75) is 69.5 Å². The maximum absolute atomic E-state index is 6.84. The van der Waals surface area contributed by atoms with Gasteiger partial charge in [-0.05, 0) is 49.1 Å². The first-order chi connectivity index (χ1) is 10.3. The van der Waals surface area contributed by atoms with Crippen molar-refractivity contribution >= 4 is 16.5 Å². The molecule has 0 spiro atoms. The molecule has 0 bridgehead atoms. The molecule has 2 fully saturated rings. The highest BCUT2D eigenvalue weighted by atomic mass is 31.1. The van der Waals surface area contributed by atoms with Gasteiger partial charge in [-0.1, -0.05) is 59.4 Å². The van der Waals surface area contributed by atoms with Gasteiger partial charge < -0.3 is 5.73 Å². The van der Waals surface area contributed by atoms with Crippen LogP contribution >= 0.6 is 16.5 Å². The second kappa shape index (κ2) is 6.31. The van der Waals surface area contributed by atoms with E-state index in [-0.39, 0.29) is 13.2 Å². The summed E-state index contributed by atoms with van der Waals surface area (Å²) in [6, 6.07) is 0. The van der Waals surface area contributed by atoms with Crippen LogP contribution in [-0.2, 0) is 0 Å². The third kappa shape index (κ3) is 3.11. The summed E-state index contributed by atoms with van der Waals surface area (Å²) < 4.78 is 0. The van der Waals surface area contributed by atoms with E-state index in [1.807, 2.05) is 0 Å². The maximum Gasteiger partial charge on any atom is 0.0395 e. The molecule has 0 amide bonds. The van der Waals surface area contributed by atoms with E-state index in [2.05, 4.69) is 45.9 Å². The third-order valence-corrected chi connectivity index (χ3v) is 11.7. The van der Waals surface area contributed by atoms with E-state index in [1.165, 1.54) is 38.0 Å². The van der Waals surface area contributed by atoms with Crippen LogP contribution in [0, 0.1) is 11.8 Å². The molecule has 0 aromatic rings. The smallest absolute Gasteiger partial charge is 0.0395 e. The summed E-state index contributed by atoms with van der Waals surface area (Å²) in [5.74, 6) is 1.22. The van der Waals surface area contributed by atoms with Gasteiger partial charge in [0.05, 0.1) is 0 Å². The summed E-state index contributed by atoms with van der Waals surface area (Å²) in [4.78, 5) is 0. The Labute approximate surface area is 140 Å². The van der Waals surface area contributed by atoms with E-state index >= 15 is 0 Å². The van der Waals surface area contributed by atoms with Crippen LogP contribution in [0.4, 0.5) is 0 Å². The molecule has 1 nitrogen and oxygen atoms in total. The second-order valence-electron chi connectivity index (χ2n) is 8.46. The Morgan fingerprint density at radius 2 is 2.09 bits per heavy atom. The normalized spacial score (nSPS) is 43.8. The molecule has 6 atom stereocenters. The maximum atomic E-state index is 6.84. The largest absolute Gasteiger partial charge is 0.321 e. The van der Waals surface area contributed by atoms with Crippen LogP contribution in [0.3, 0.4) is 0 Å². The molecule has 3 aliphatic rings. The van der Waals surface area contributed by atoms with Crippen LogP contribution in [0.2, 0.25) is 0 Å². The third-order valence-electron chi connectivity index (χ3n) is 5.99. The van der Waals surface area contributed by atoms with Crippen molar-refractivity contribution in [3.05, 3.63) is 23.8 Å². The molecule has 3 unspecified atom stereocenters. The molecule has 3 rings (SSSR count). The number of nitrogens with two attached hydrogens (primary N) is 1. The number of rotatable bonds is 2. The first-order valence-electron chi connectivity index (χ1n) is 9.02. The summed E-state index contributed by atoms with van der Waals surface area (Å²) in [6.45, 7) is 9.84. The molecule has 22 heavy (non-hydrogen) atoms. The van der Waals surface area contributed by atoms with Crippen molar-refractivity contribution < 1.29 is 0 Å². The highest BCUT2D eigenvalue weighted by Crippen LogP contribution is 2.63. The van der Waals surface area contributed by atoms with Crippen molar-refractivity contribution in [2.75, 3.05) is 12.3 Å². The van der Waals surface area contributed by atoms with Crippen molar-refractivity contribution in [3.8, 4) is 0 Å². The average Bonchev–Trinajstić information content (AvgIpc) is 3.07. The molecule has 2 saturated heterocycles. The molecule has 3 heteroatoms. The highest BCUT2D eigenvalue weighted by molar-refractivity contribution is 7.60. The molecule has 124 valence electrons. The van der Waals surface area contributed by atoms with E-state index in [9.17, 15) is 0 Å².